The van der Waals surface area contributed by atoms with Crippen molar-refractivity contribution in [3.05, 3.63) is 29.8 Å². The van der Waals surface area contributed by atoms with Gasteiger partial charge in [0, 0.05) is 44.4 Å². The van der Waals surface area contributed by atoms with Gasteiger partial charge in [0.2, 0.25) is 0 Å². The Bertz CT molecular complexity index is 495. The Morgan fingerprint density at radius 2 is 1.86 bits per heavy atom. The zero-order valence-corrected chi connectivity index (χ0v) is 13.1. The largest absolute Gasteiger partial charge is 0.409 e. The van der Waals surface area contributed by atoms with Crippen LogP contribution >= 0.6 is 0 Å². The summed E-state index contributed by atoms with van der Waals surface area (Å²) in [4.78, 5) is 16.2. The number of hydrogen-bond acceptors (Lipinski definition) is 4. The summed E-state index contributed by atoms with van der Waals surface area (Å²) >= 11 is 0. The molecule has 21 heavy (non-hydrogen) atoms. The monoisotopic (exact) mass is 292 g/mol. The van der Waals surface area contributed by atoms with Crippen LogP contribution in [0.2, 0.25) is 0 Å². The first-order chi connectivity index (χ1) is 9.86. The molecular formula is C15H24N4O2. The molecule has 1 aromatic rings. The van der Waals surface area contributed by atoms with E-state index >= 15 is 0 Å². The first-order valence-electron chi connectivity index (χ1n) is 6.91. The minimum absolute atomic E-state index is 0.0394. The van der Waals surface area contributed by atoms with Crippen molar-refractivity contribution in [3.63, 3.8) is 0 Å². The molecule has 0 spiro atoms. The SMILES string of the molecule is CC(C)N(CCC(N)=NO)C(=O)c1ccc(N(C)C)cc1. The molecule has 1 rings (SSSR count). The molecule has 0 saturated carbocycles. The highest BCUT2D eigenvalue weighted by Gasteiger charge is 2.19. The Morgan fingerprint density at radius 3 is 2.29 bits per heavy atom. The standard InChI is InChI=1S/C15H24N4O2/c1-11(2)19(10-9-14(16)17-21)15(20)12-5-7-13(8-6-12)18(3)4/h5-8,11,21H,9-10H2,1-4H3,(H2,16,17). The fourth-order valence-electron chi connectivity index (χ4n) is 1.95. The first kappa shape index (κ1) is 16.8. The quantitative estimate of drug-likeness (QED) is 0.362. The predicted octanol–water partition coefficient (Wildman–Crippen LogP) is 1.74. The molecule has 0 heterocycles. The number of benzene rings is 1. The zero-order chi connectivity index (χ0) is 16.0. The Kier molecular flexibility index (Phi) is 6.02. The van der Waals surface area contributed by atoms with E-state index in [4.69, 9.17) is 10.9 Å². The van der Waals surface area contributed by atoms with E-state index in [1.807, 2.05) is 57.1 Å². The molecule has 0 aromatic heterocycles. The topological polar surface area (TPSA) is 82.2 Å². The van der Waals surface area contributed by atoms with Gasteiger partial charge in [-0.3, -0.25) is 4.79 Å². The van der Waals surface area contributed by atoms with Crippen molar-refractivity contribution < 1.29 is 10.0 Å². The fourth-order valence-corrected chi connectivity index (χ4v) is 1.95. The van der Waals surface area contributed by atoms with Gasteiger partial charge in [-0.2, -0.15) is 0 Å². The molecule has 0 unspecified atom stereocenters. The summed E-state index contributed by atoms with van der Waals surface area (Å²) in [5, 5.41) is 11.5. The van der Waals surface area contributed by atoms with Crippen LogP contribution in [-0.2, 0) is 0 Å². The van der Waals surface area contributed by atoms with Crippen molar-refractivity contribution in [2.24, 2.45) is 10.9 Å². The van der Waals surface area contributed by atoms with Crippen molar-refractivity contribution in [2.75, 3.05) is 25.5 Å². The van der Waals surface area contributed by atoms with Crippen molar-refractivity contribution in [2.45, 2.75) is 26.3 Å². The van der Waals surface area contributed by atoms with Gasteiger partial charge in [-0.05, 0) is 38.1 Å². The van der Waals surface area contributed by atoms with Crippen LogP contribution in [0.3, 0.4) is 0 Å². The molecule has 1 aromatic carbocycles. The van der Waals surface area contributed by atoms with Gasteiger partial charge in [-0.1, -0.05) is 5.16 Å². The molecule has 0 radical (unpaired) electrons. The minimum atomic E-state index is -0.0546. The summed E-state index contributed by atoms with van der Waals surface area (Å²) in [5.74, 6) is 0.0671. The third-order valence-corrected chi connectivity index (χ3v) is 3.25. The van der Waals surface area contributed by atoms with E-state index in [9.17, 15) is 4.79 Å². The summed E-state index contributed by atoms with van der Waals surface area (Å²) in [6.45, 7) is 4.30. The van der Waals surface area contributed by atoms with Crippen LogP contribution in [0, 0.1) is 0 Å². The predicted molar refractivity (Wildman–Crippen MR) is 85.0 cm³/mol. The lowest BCUT2D eigenvalue weighted by molar-refractivity contribution is 0.0711. The molecule has 0 aliphatic rings. The van der Waals surface area contributed by atoms with Crippen LogP contribution in [0.25, 0.3) is 0 Å². The van der Waals surface area contributed by atoms with Crippen LogP contribution in [0.4, 0.5) is 5.69 Å². The molecule has 6 nitrogen and oxygen atoms in total. The number of rotatable bonds is 6. The molecule has 0 atom stereocenters. The van der Waals surface area contributed by atoms with Gasteiger partial charge >= 0.3 is 0 Å². The average molecular weight is 292 g/mol. The number of oxime groups is 1. The van der Waals surface area contributed by atoms with E-state index in [2.05, 4.69) is 5.16 Å². The van der Waals surface area contributed by atoms with Gasteiger partial charge in [0.1, 0.15) is 5.84 Å². The Morgan fingerprint density at radius 1 is 1.29 bits per heavy atom. The molecule has 0 saturated heterocycles. The number of nitrogens with two attached hydrogens (primary N) is 1. The molecule has 0 fully saturated rings. The molecular weight excluding hydrogens is 268 g/mol. The summed E-state index contributed by atoms with van der Waals surface area (Å²) in [6, 6.07) is 7.50. The summed E-state index contributed by atoms with van der Waals surface area (Å²) in [6.07, 6.45) is 0.343. The van der Waals surface area contributed by atoms with E-state index in [0.29, 0.717) is 18.5 Å². The van der Waals surface area contributed by atoms with Crippen LogP contribution in [0.5, 0.6) is 0 Å². The zero-order valence-electron chi connectivity index (χ0n) is 13.1. The lowest BCUT2D eigenvalue weighted by Gasteiger charge is -2.27. The molecule has 1 amide bonds. The molecule has 0 bridgehead atoms. The number of nitrogens with zero attached hydrogens (tertiary/aromatic N) is 3. The lowest BCUT2D eigenvalue weighted by Crippen LogP contribution is -2.39. The van der Waals surface area contributed by atoms with E-state index in [0.717, 1.165) is 5.69 Å². The van der Waals surface area contributed by atoms with Gasteiger partial charge in [-0.15, -0.1) is 0 Å². The second-order valence-corrected chi connectivity index (χ2v) is 5.37. The highest BCUT2D eigenvalue weighted by molar-refractivity contribution is 5.95. The van der Waals surface area contributed by atoms with Gasteiger partial charge in [-0.25, -0.2) is 0 Å². The normalized spacial score (nSPS) is 11.6. The first-order valence-corrected chi connectivity index (χ1v) is 6.91. The molecule has 0 aliphatic heterocycles. The number of amides is 1. The number of carbonyl (C=O) groups excluding carboxylic acids is 1. The van der Waals surface area contributed by atoms with Crippen molar-refractivity contribution in [1.29, 1.82) is 0 Å². The summed E-state index contributed by atoms with van der Waals surface area (Å²) < 4.78 is 0. The van der Waals surface area contributed by atoms with Gasteiger partial charge in [0.05, 0.1) is 0 Å². The van der Waals surface area contributed by atoms with E-state index < -0.39 is 0 Å². The fraction of sp³-hybridized carbons (Fsp3) is 0.467. The average Bonchev–Trinajstić information content (AvgIpc) is 2.46. The number of hydrogen-bond donors (Lipinski definition) is 2. The van der Waals surface area contributed by atoms with Crippen molar-refractivity contribution >= 4 is 17.4 Å². The van der Waals surface area contributed by atoms with Crippen molar-refractivity contribution in [1.82, 2.24) is 4.90 Å². The second kappa shape index (κ2) is 7.52. The van der Waals surface area contributed by atoms with Gasteiger partial charge in [0.25, 0.3) is 5.91 Å². The third kappa shape index (κ3) is 4.66. The Hall–Kier alpha value is -2.24. The third-order valence-electron chi connectivity index (χ3n) is 3.25. The molecule has 3 N–H and O–H groups in total. The smallest absolute Gasteiger partial charge is 0.254 e. The van der Waals surface area contributed by atoms with Crippen LogP contribution in [-0.4, -0.2) is 48.5 Å². The Labute approximate surface area is 125 Å². The van der Waals surface area contributed by atoms with Crippen molar-refractivity contribution in [3.8, 4) is 0 Å². The second-order valence-electron chi connectivity index (χ2n) is 5.37. The maximum Gasteiger partial charge on any atom is 0.254 e. The maximum atomic E-state index is 12.5. The van der Waals surface area contributed by atoms with E-state index in [1.54, 1.807) is 4.90 Å². The van der Waals surface area contributed by atoms with Gasteiger partial charge < -0.3 is 20.7 Å². The lowest BCUT2D eigenvalue weighted by atomic mass is 10.1. The van der Waals surface area contributed by atoms with Gasteiger partial charge in [0.15, 0.2) is 0 Å². The number of amidine groups is 1. The van der Waals surface area contributed by atoms with E-state index in [1.165, 1.54) is 0 Å². The highest BCUT2D eigenvalue weighted by atomic mass is 16.4. The number of anilines is 1. The molecule has 6 heteroatoms. The minimum Gasteiger partial charge on any atom is -0.409 e. The summed E-state index contributed by atoms with van der Waals surface area (Å²) in [7, 11) is 3.91. The number of carbonyl (C=O) groups is 1. The van der Waals surface area contributed by atoms with Crippen LogP contribution in [0.1, 0.15) is 30.6 Å². The molecule has 0 aliphatic carbocycles. The maximum absolute atomic E-state index is 12.5. The van der Waals surface area contributed by atoms with Crippen LogP contribution < -0.4 is 10.6 Å². The van der Waals surface area contributed by atoms with Crippen LogP contribution in [0.15, 0.2) is 29.4 Å². The molecule has 116 valence electrons. The highest BCUT2D eigenvalue weighted by Crippen LogP contribution is 2.15. The summed E-state index contributed by atoms with van der Waals surface area (Å²) in [5.41, 5.74) is 7.14. The van der Waals surface area contributed by atoms with E-state index in [-0.39, 0.29) is 17.8 Å². The Balaban J connectivity index is 2.85.